The minimum absolute atomic E-state index is 0.0326. The molecule has 0 unspecified atom stereocenters. The van der Waals surface area contributed by atoms with Gasteiger partial charge in [0.1, 0.15) is 5.75 Å². The fourth-order valence-electron chi connectivity index (χ4n) is 6.24. The van der Waals surface area contributed by atoms with Crippen molar-refractivity contribution < 1.29 is 9.53 Å². The third kappa shape index (κ3) is 5.96. The monoisotopic (exact) mass is 586 g/mol. The number of carbonyl (C=O) groups excluding carboxylic acids is 1. The van der Waals surface area contributed by atoms with Crippen LogP contribution in [0.4, 0.5) is 17.1 Å². The molecule has 0 bridgehead atoms. The number of para-hydroxylation sites is 2. The van der Waals surface area contributed by atoms with Crippen LogP contribution in [0.1, 0.15) is 23.1 Å². The van der Waals surface area contributed by atoms with Crippen LogP contribution in [0.2, 0.25) is 0 Å². The van der Waals surface area contributed by atoms with Gasteiger partial charge in [0.2, 0.25) is 5.91 Å². The number of aryl methyl sites for hydroxylation is 2. The zero-order valence-corrected chi connectivity index (χ0v) is 24.9. The number of hydrogen-bond donors (Lipinski definition) is 2. The number of fused-ring (bicyclic) bond motifs is 3. The lowest BCUT2D eigenvalue weighted by atomic mass is 10.0. The van der Waals surface area contributed by atoms with E-state index in [9.17, 15) is 4.79 Å². The summed E-state index contributed by atoms with van der Waals surface area (Å²) in [6.07, 6.45) is 4.60. The number of rotatable bonds is 7. The molecule has 1 saturated heterocycles. The maximum Gasteiger partial charge on any atom is 0.241 e. The Hall–Kier alpha value is -4.33. The number of pyridine rings is 1. The van der Waals surface area contributed by atoms with Crippen molar-refractivity contribution in [2.24, 2.45) is 0 Å². The standard InChI is InChI=1S/C36H34N4O2S/c1-42-28-14-16-29(17-15-28)43-30-21-35(40(23-30)22-26-18-19-37-33-9-5-3-7-31(26)33)36(41)38-27-13-12-25-11-10-24-6-2-4-8-32(24)39-34(25)20-27/h2-9,12-20,30,35,39H,10-11,21-23H2,1H3,(H,38,41)/t30-,35-/m0/s1. The molecular weight excluding hydrogens is 552 g/mol. The van der Waals surface area contributed by atoms with Crippen molar-refractivity contribution in [1.29, 1.82) is 0 Å². The third-order valence-corrected chi connectivity index (χ3v) is 9.69. The fourth-order valence-corrected chi connectivity index (χ4v) is 7.46. The van der Waals surface area contributed by atoms with E-state index in [1.807, 2.05) is 48.3 Å². The molecule has 0 saturated carbocycles. The van der Waals surface area contributed by atoms with E-state index < -0.39 is 0 Å². The molecule has 216 valence electrons. The minimum atomic E-state index is -0.254. The van der Waals surface area contributed by atoms with Crippen LogP contribution in [0.3, 0.4) is 0 Å². The molecule has 43 heavy (non-hydrogen) atoms. The van der Waals surface area contributed by atoms with E-state index in [1.165, 1.54) is 21.6 Å². The lowest BCUT2D eigenvalue weighted by Crippen LogP contribution is -2.39. The van der Waals surface area contributed by atoms with Crippen LogP contribution in [0, 0.1) is 0 Å². The summed E-state index contributed by atoms with van der Waals surface area (Å²) in [5, 5.41) is 8.29. The van der Waals surface area contributed by atoms with Crippen LogP contribution in [-0.2, 0) is 24.2 Å². The van der Waals surface area contributed by atoms with Crippen molar-refractivity contribution in [1.82, 2.24) is 9.88 Å². The van der Waals surface area contributed by atoms with Gasteiger partial charge in [0.15, 0.2) is 0 Å². The average Bonchev–Trinajstić information content (AvgIpc) is 3.33. The predicted molar refractivity (Wildman–Crippen MR) is 175 cm³/mol. The van der Waals surface area contributed by atoms with Crippen LogP contribution in [0.15, 0.2) is 108 Å². The number of hydrogen-bond acceptors (Lipinski definition) is 6. The molecule has 7 heteroatoms. The quantitative estimate of drug-likeness (QED) is 0.206. The van der Waals surface area contributed by atoms with Gasteiger partial charge in [-0.05, 0) is 90.6 Å². The number of anilines is 3. The van der Waals surface area contributed by atoms with Crippen molar-refractivity contribution in [3.05, 3.63) is 120 Å². The molecule has 0 radical (unpaired) electrons. The second-order valence-electron chi connectivity index (χ2n) is 11.2. The van der Waals surface area contributed by atoms with E-state index in [0.29, 0.717) is 6.54 Å². The molecule has 2 N–H and O–H groups in total. The normalized spacial score (nSPS) is 17.9. The van der Waals surface area contributed by atoms with Gasteiger partial charge in [-0.3, -0.25) is 14.7 Å². The van der Waals surface area contributed by atoms with E-state index in [2.05, 4.69) is 87.2 Å². The highest BCUT2D eigenvalue weighted by Gasteiger charge is 2.37. The molecule has 7 rings (SSSR count). The zero-order chi connectivity index (χ0) is 29.2. The molecule has 4 aromatic carbocycles. The molecule has 2 aliphatic rings. The van der Waals surface area contributed by atoms with Gasteiger partial charge in [-0.2, -0.15) is 0 Å². The molecular formula is C36H34N4O2S. The molecule has 0 spiro atoms. The molecule has 0 aliphatic carbocycles. The molecule has 6 nitrogen and oxygen atoms in total. The number of amides is 1. The first kappa shape index (κ1) is 27.5. The van der Waals surface area contributed by atoms with Crippen molar-refractivity contribution in [2.75, 3.05) is 24.3 Å². The van der Waals surface area contributed by atoms with Gasteiger partial charge in [0, 0.05) is 51.9 Å². The largest absolute Gasteiger partial charge is 0.497 e. The second-order valence-corrected chi connectivity index (χ2v) is 12.6. The van der Waals surface area contributed by atoms with Crippen LogP contribution < -0.4 is 15.4 Å². The number of thioether (sulfide) groups is 1. The van der Waals surface area contributed by atoms with Crippen molar-refractivity contribution in [3.63, 3.8) is 0 Å². The van der Waals surface area contributed by atoms with Gasteiger partial charge in [0.05, 0.1) is 18.7 Å². The predicted octanol–water partition coefficient (Wildman–Crippen LogP) is 7.46. The molecule has 2 atom stereocenters. The number of ether oxygens (including phenoxy) is 1. The fraction of sp³-hybridized carbons (Fsp3) is 0.222. The van der Waals surface area contributed by atoms with E-state index >= 15 is 0 Å². The Morgan fingerprint density at radius 2 is 1.74 bits per heavy atom. The number of carbonyl (C=O) groups is 1. The van der Waals surface area contributed by atoms with E-state index in [-0.39, 0.29) is 17.2 Å². The summed E-state index contributed by atoms with van der Waals surface area (Å²) >= 11 is 1.83. The SMILES string of the molecule is COc1ccc(S[C@H]2C[C@@H](C(=O)Nc3ccc4c(c3)Nc3ccccc3CC4)N(Cc3ccnc4ccccc34)C2)cc1. The van der Waals surface area contributed by atoms with Gasteiger partial charge in [-0.1, -0.05) is 42.5 Å². The topological polar surface area (TPSA) is 66.5 Å². The van der Waals surface area contributed by atoms with Crippen LogP contribution in [0.5, 0.6) is 5.75 Å². The maximum atomic E-state index is 14.0. The van der Waals surface area contributed by atoms with Crippen molar-refractivity contribution in [3.8, 4) is 5.75 Å². The highest BCUT2D eigenvalue weighted by molar-refractivity contribution is 8.00. The van der Waals surface area contributed by atoms with Crippen LogP contribution in [-0.4, -0.2) is 40.7 Å². The number of benzene rings is 4. The highest BCUT2D eigenvalue weighted by atomic mass is 32.2. The summed E-state index contributed by atoms with van der Waals surface area (Å²) in [6, 6.07) is 32.9. The molecule has 3 heterocycles. The van der Waals surface area contributed by atoms with Crippen molar-refractivity contribution in [2.45, 2.75) is 42.0 Å². The molecule has 1 amide bonds. The lowest BCUT2D eigenvalue weighted by Gasteiger charge is -2.24. The number of methoxy groups -OCH3 is 1. The van der Waals surface area contributed by atoms with Crippen LogP contribution in [0.25, 0.3) is 10.9 Å². The number of likely N-dealkylation sites (tertiary alicyclic amines) is 1. The summed E-state index contributed by atoms with van der Waals surface area (Å²) in [7, 11) is 1.68. The van der Waals surface area contributed by atoms with E-state index in [1.54, 1.807) is 7.11 Å². The summed E-state index contributed by atoms with van der Waals surface area (Å²) in [6.45, 7) is 1.50. The van der Waals surface area contributed by atoms with Gasteiger partial charge >= 0.3 is 0 Å². The summed E-state index contributed by atoms with van der Waals surface area (Å²) < 4.78 is 5.34. The first-order valence-corrected chi connectivity index (χ1v) is 15.7. The Balaban J connectivity index is 1.13. The summed E-state index contributed by atoms with van der Waals surface area (Å²) in [4.78, 5) is 22.0. The molecule has 5 aromatic rings. The maximum absolute atomic E-state index is 14.0. The van der Waals surface area contributed by atoms with Gasteiger partial charge in [-0.25, -0.2) is 0 Å². The number of nitrogens with zero attached hydrogens (tertiary/aromatic N) is 2. The Morgan fingerprint density at radius 3 is 2.60 bits per heavy atom. The van der Waals surface area contributed by atoms with Gasteiger partial charge < -0.3 is 15.4 Å². The molecule has 1 fully saturated rings. The van der Waals surface area contributed by atoms with Gasteiger partial charge in [-0.15, -0.1) is 11.8 Å². The molecule has 2 aliphatic heterocycles. The second kappa shape index (κ2) is 12.1. The van der Waals surface area contributed by atoms with Crippen LogP contribution >= 0.6 is 11.8 Å². The Bertz CT molecular complexity index is 1770. The highest BCUT2D eigenvalue weighted by Crippen LogP contribution is 2.36. The average molecular weight is 587 g/mol. The Kier molecular flexibility index (Phi) is 7.75. The van der Waals surface area contributed by atoms with E-state index in [4.69, 9.17) is 4.74 Å². The zero-order valence-electron chi connectivity index (χ0n) is 24.1. The minimum Gasteiger partial charge on any atom is -0.497 e. The smallest absolute Gasteiger partial charge is 0.241 e. The van der Waals surface area contributed by atoms with Gasteiger partial charge in [0.25, 0.3) is 0 Å². The first-order chi connectivity index (χ1) is 21.1. The lowest BCUT2D eigenvalue weighted by molar-refractivity contribution is -0.120. The summed E-state index contributed by atoms with van der Waals surface area (Å²) in [5.74, 6) is 0.878. The summed E-state index contributed by atoms with van der Waals surface area (Å²) in [5.41, 5.74) is 7.75. The first-order valence-electron chi connectivity index (χ1n) is 14.8. The molecule has 1 aromatic heterocycles. The third-order valence-electron chi connectivity index (χ3n) is 8.47. The Morgan fingerprint density at radius 1 is 0.953 bits per heavy atom. The number of aromatic nitrogens is 1. The van der Waals surface area contributed by atoms with Crippen molar-refractivity contribution >= 4 is 45.6 Å². The van der Waals surface area contributed by atoms with E-state index in [0.717, 1.165) is 59.5 Å². The number of nitrogens with one attached hydrogen (secondary N) is 2. The Labute approximate surface area is 256 Å².